The van der Waals surface area contributed by atoms with E-state index in [-0.39, 0.29) is 25.9 Å². The van der Waals surface area contributed by atoms with Crippen molar-refractivity contribution in [3.63, 3.8) is 0 Å². The SMILES string of the molecule is CCCCCCCCCC(=O)O[C@H]1[C@H](O)[C@@H](CO)O[C@H](O[C@H]2O[C@H](CO)[C@@H](O)[C@H](O)[C@H]2OC(=O)CCCCCCC)[C@@H]1OC(=O)CCC(=O)OCc1ccccc1. The molecule has 1 aromatic rings. The lowest BCUT2D eigenvalue weighted by atomic mass is 9.97. The van der Waals surface area contributed by atoms with Gasteiger partial charge < -0.3 is 58.7 Å². The third kappa shape index (κ3) is 16.5. The highest BCUT2D eigenvalue weighted by molar-refractivity contribution is 5.78. The zero-order valence-corrected chi connectivity index (χ0v) is 33.3. The molecule has 0 unspecified atom stereocenters. The van der Waals surface area contributed by atoms with Gasteiger partial charge in [-0.3, -0.25) is 19.2 Å². The van der Waals surface area contributed by atoms with Crippen molar-refractivity contribution >= 4 is 23.9 Å². The predicted molar refractivity (Wildman–Crippen MR) is 202 cm³/mol. The lowest BCUT2D eigenvalue weighted by molar-refractivity contribution is -0.377. The summed E-state index contributed by atoms with van der Waals surface area (Å²) in [6.07, 6.45) is -6.98. The van der Waals surface area contributed by atoms with E-state index >= 15 is 0 Å². The number of ether oxygens (including phenoxy) is 7. The Morgan fingerprint density at radius 1 is 0.544 bits per heavy atom. The summed E-state index contributed by atoms with van der Waals surface area (Å²) in [4.78, 5) is 51.8. The van der Waals surface area contributed by atoms with Gasteiger partial charge in [0, 0.05) is 12.8 Å². The second kappa shape index (κ2) is 26.7. The molecule has 0 saturated carbocycles. The molecule has 10 atom stereocenters. The highest BCUT2D eigenvalue weighted by Gasteiger charge is 2.54. The lowest BCUT2D eigenvalue weighted by Crippen LogP contribution is -2.65. The first-order valence-corrected chi connectivity index (χ1v) is 20.5. The number of esters is 4. The van der Waals surface area contributed by atoms with Crippen molar-refractivity contribution in [1.82, 2.24) is 0 Å². The minimum atomic E-state index is -1.81. The Bertz CT molecular complexity index is 1310. The van der Waals surface area contributed by atoms with E-state index in [2.05, 4.69) is 13.8 Å². The van der Waals surface area contributed by atoms with Crippen LogP contribution in [0, 0.1) is 0 Å². The van der Waals surface area contributed by atoms with Crippen LogP contribution in [0.2, 0.25) is 0 Å². The van der Waals surface area contributed by atoms with Crippen molar-refractivity contribution < 1.29 is 77.9 Å². The molecule has 2 saturated heterocycles. The Balaban J connectivity index is 1.81. The predicted octanol–water partition coefficient (Wildman–Crippen LogP) is 3.28. The fourth-order valence-corrected chi connectivity index (χ4v) is 6.58. The molecular formula is C41H64O16. The second-order valence-electron chi connectivity index (χ2n) is 14.6. The Kier molecular flexibility index (Phi) is 22.6. The molecule has 0 amide bonds. The quantitative estimate of drug-likeness (QED) is 0.0513. The molecule has 3 rings (SSSR count). The van der Waals surface area contributed by atoms with Crippen LogP contribution in [0.15, 0.2) is 30.3 Å². The van der Waals surface area contributed by atoms with E-state index in [9.17, 15) is 44.7 Å². The fraction of sp³-hybridized carbons (Fsp3) is 0.756. The van der Waals surface area contributed by atoms with Gasteiger partial charge in [-0.15, -0.1) is 0 Å². The Morgan fingerprint density at radius 2 is 1.00 bits per heavy atom. The summed E-state index contributed by atoms with van der Waals surface area (Å²) in [5.41, 5.74) is 0.739. The van der Waals surface area contributed by atoms with Crippen molar-refractivity contribution in [1.29, 1.82) is 0 Å². The van der Waals surface area contributed by atoms with Gasteiger partial charge in [0.05, 0.1) is 26.1 Å². The average molecular weight is 813 g/mol. The molecule has 2 heterocycles. The molecule has 0 radical (unpaired) electrons. The number of aliphatic hydroxyl groups excluding tert-OH is 5. The molecule has 324 valence electrons. The van der Waals surface area contributed by atoms with Gasteiger partial charge in [0.2, 0.25) is 12.6 Å². The summed E-state index contributed by atoms with van der Waals surface area (Å²) in [5, 5.41) is 53.0. The van der Waals surface area contributed by atoms with Crippen LogP contribution in [0.25, 0.3) is 0 Å². The smallest absolute Gasteiger partial charge is 0.306 e. The molecule has 2 aliphatic rings. The van der Waals surface area contributed by atoms with E-state index in [0.29, 0.717) is 12.8 Å². The van der Waals surface area contributed by atoms with Crippen LogP contribution in [0.5, 0.6) is 0 Å². The summed E-state index contributed by atoms with van der Waals surface area (Å²) < 4.78 is 39.7. The van der Waals surface area contributed by atoms with Crippen molar-refractivity contribution in [2.75, 3.05) is 13.2 Å². The number of hydrogen-bond acceptors (Lipinski definition) is 16. The second-order valence-corrected chi connectivity index (χ2v) is 14.6. The van der Waals surface area contributed by atoms with Crippen LogP contribution in [0.4, 0.5) is 0 Å². The van der Waals surface area contributed by atoms with Gasteiger partial charge >= 0.3 is 23.9 Å². The molecule has 57 heavy (non-hydrogen) atoms. The number of benzene rings is 1. The summed E-state index contributed by atoms with van der Waals surface area (Å²) in [6.45, 7) is 2.58. The highest BCUT2D eigenvalue weighted by Crippen LogP contribution is 2.33. The molecule has 16 heteroatoms. The molecule has 5 N–H and O–H groups in total. The van der Waals surface area contributed by atoms with Crippen LogP contribution in [0.3, 0.4) is 0 Å². The van der Waals surface area contributed by atoms with Crippen molar-refractivity contribution in [2.24, 2.45) is 0 Å². The van der Waals surface area contributed by atoms with Crippen LogP contribution in [-0.4, -0.2) is 124 Å². The van der Waals surface area contributed by atoms with Gasteiger partial charge in [-0.1, -0.05) is 108 Å². The first kappa shape index (κ1) is 48.2. The van der Waals surface area contributed by atoms with Gasteiger partial charge in [0.25, 0.3) is 0 Å². The zero-order chi connectivity index (χ0) is 41.6. The van der Waals surface area contributed by atoms with E-state index in [1.54, 1.807) is 24.3 Å². The maximum absolute atomic E-state index is 13.3. The number of carbonyl (C=O) groups excluding carboxylic acids is 4. The summed E-state index contributed by atoms with van der Waals surface area (Å²) in [7, 11) is 0. The van der Waals surface area contributed by atoms with E-state index in [0.717, 1.165) is 69.8 Å². The van der Waals surface area contributed by atoms with Crippen molar-refractivity contribution in [3.05, 3.63) is 35.9 Å². The number of carbonyl (C=O) groups is 4. The average Bonchev–Trinajstić information content (AvgIpc) is 3.21. The lowest BCUT2D eigenvalue weighted by Gasteiger charge is -2.46. The summed E-state index contributed by atoms with van der Waals surface area (Å²) in [5.74, 6) is -3.14. The molecule has 0 bridgehead atoms. The van der Waals surface area contributed by atoms with Crippen LogP contribution in [0.1, 0.15) is 122 Å². The summed E-state index contributed by atoms with van der Waals surface area (Å²) in [6, 6.07) is 8.91. The standard InChI is InChI=1S/C41H64O16/c1-3-5-7-9-10-12-17-20-31(45)54-37-35(49)29(25-43)53-41(39(37)56-33(47)23-22-30(44)51-26-27-18-14-13-15-19-27)57-40-38(36(50)34(48)28(24-42)52-40)55-32(46)21-16-11-8-6-4-2/h13-15,18-19,28-29,34-43,48-50H,3-12,16-17,20-26H2,1-2H3/t28-,29-,34-,35-,36+,37+,38-,39-,40-,41-/m1/s1. The molecule has 2 fully saturated rings. The van der Waals surface area contributed by atoms with E-state index in [1.165, 1.54) is 0 Å². The summed E-state index contributed by atoms with van der Waals surface area (Å²) >= 11 is 0. The zero-order valence-electron chi connectivity index (χ0n) is 33.3. The third-order valence-electron chi connectivity index (χ3n) is 9.94. The first-order chi connectivity index (χ1) is 27.5. The molecule has 0 spiro atoms. The maximum atomic E-state index is 13.3. The fourth-order valence-electron chi connectivity index (χ4n) is 6.58. The van der Waals surface area contributed by atoms with E-state index in [4.69, 9.17) is 33.2 Å². The van der Waals surface area contributed by atoms with Gasteiger partial charge in [0.15, 0.2) is 18.3 Å². The molecule has 0 aliphatic carbocycles. The van der Waals surface area contributed by atoms with E-state index < -0.39 is 105 Å². The monoisotopic (exact) mass is 812 g/mol. The molecule has 16 nitrogen and oxygen atoms in total. The van der Waals surface area contributed by atoms with Gasteiger partial charge in [-0.25, -0.2) is 0 Å². The van der Waals surface area contributed by atoms with Crippen molar-refractivity contribution in [2.45, 2.75) is 185 Å². The van der Waals surface area contributed by atoms with Crippen LogP contribution in [-0.2, 0) is 58.9 Å². The van der Waals surface area contributed by atoms with Crippen LogP contribution < -0.4 is 0 Å². The van der Waals surface area contributed by atoms with Gasteiger partial charge in [-0.2, -0.15) is 0 Å². The van der Waals surface area contributed by atoms with Crippen molar-refractivity contribution in [3.8, 4) is 0 Å². The first-order valence-electron chi connectivity index (χ1n) is 20.5. The molecule has 2 aliphatic heterocycles. The Morgan fingerprint density at radius 3 is 1.56 bits per heavy atom. The number of hydrogen-bond donors (Lipinski definition) is 5. The minimum Gasteiger partial charge on any atom is -0.461 e. The maximum Gasteiger partial charge on any atom is 0.306 e. The topological polar surface area (TPSA) is 234 Å². The molecule has 1 aromatic carbocycles. The van der Waals surface area contributed by atoms with Gasteiger partial charge in [0.1, 0.15) is 37.1 Å². The van der Waals surface area contributed by atoms with Crippen LogP contribution >= 0.6 is 0 Å². The normalized spacial score (nSPS) is 27.4. The largest absolute Gasteiger partial charge is 0.461 e. The molecular weight excluding hydrogens is 748 g/mol. The Hall–Kier alpha value is -3.22. The third-order valence-corrected chi connectivity index (χ3v) is 9.94. The minimum absolute atomic E-state index is 0.0112. The highest BCUT2D eigenvalue weighted by atomic mass is 16.8. The van der Waals surface area contributed by atoms with Gasteiger partial charge in [-0.05, 0) is 18.4 Å². The number of rotatable bonds is 26. The molecule has 0 aromatic heterocycles. The Labute approximate surface area is 335 Å². The van der Waals surface area contributed by atoms with E-state index in [1.807, 2.05) is 6.07 Å². The number of aliphatic hydroxyl groups is 5. The number of unbranched alkanes of at least 4 members (excludes halogenated alkanes) is 10.